The number of nitrogens with one attached hydrogen (secondary N) is 1. The number of aromatic amines is 1. The Morgan fingerprint density at radius 3 is 2.92 bits per heavy atom. The topological polar surface area (TPSA) is 61.8 Å². The van der Waals surface area contributed by atoms with Crippen molar-refractivity contribution in [3.05, 3.63) is 29.4 Å². The number of nitrogens with zero attached hydrogens (tertiary/aromatic N) is 2. The fourth-order valence-electron chi connectivity index (χ4n) is 1.05. The second-order valence-electron chi connectivity index (χ2n) is 2.49. The van der Waals surface area contributed by atoms with E-state index in [-0.39, 0.29) is 10.8 Å². The SMILES string of the molecule is Oc1cccc(-c2cn[nH]n2)c1Cl. The molecule has 0 unspecified atom stereocenters. The zero-order chi connectivity index (χ0) is 9.26. The fourth-order valence-corrected chi connectivity index (χ4v) is 1.27. The van der Waals surface area contributed by atoms with Crippen LogP contribution in [0.1, 0.15) is 0 Å². The van der Waals surface area contributed by atoms with Gasteiger partial charge in [0.05, 0.1) is 11.2 Å². The van der Waals surface area contributed by atoms with Crippen molar-refractivity contribution in [3.8, 4) is 17.0 Å². The van der Waals surface area contributed by atoms with Crippen LogP contribution in [0.4, 0.5) is 0 Å². The molecule has 1 heterocycles. The van der Waals surface area contributed by atoms with Crippen molar-refractivity contribution in [2.24, 2.45) is 0 Å². The number of benzene rings is 1. The van der Waals surface area contributed by atoms with E-state index in [9.17, 15) is 5.11 Å². The third-order valence-electron chi connectivity index (χ3n) is 1.67. The molecule has 1 aromatic carbocycles. The number of hydrogen-bond donors (Lipinski definition) is 2. The van der Waals surface area contributed by atoms with Gasteiger partial charge in [0.2, 0.25) is 0 Å². The van der Waals surface area contributed by atoms with E-state index in [1.165, 1.54) is 6.07 Å². The third-order valence-corrected chi connectivity index (χ3v) is 2.07. The number of halogens is 1. The first-order chi connectivity index (χ1) is 6.29. The monoisotopic (exact) mass is 195 g/mol. The normalized spacial score (nSPS) is 10.2. The third kappa shape index (κ3) is 1.36. The molecule has 0 aliphatic rings. The minimum absolute atomic E-state index is 0.0437. The number of phenolic OH excluding ortho intramolecular Hbond substituents is 1. The Kier molecular flexibility index (Phi) is 1.90. The van der Waals surface area contributed by atoms with Gasteiger partial charge in [-0.2, -0.15) is 15.4 Å². The molecule has 0 amide bonds. The van der Waals surface area contributed by atoms with Gasteiger partial charge in [-0.15, -0.1) is 0 Å². The first kappa shape index (κ1) is 8.07. The maximum absolute atomic E-state index is 9.31. The molecule has 66 valence electrons. The van der Waals surface area contributed by atoms with Crippen molar-refractivity contribution in [3.63, 3.8) is 0 Å². The predicted molar refractivity (Wildman–Crippen MR) is 48.5 cm³/mol. The van der Waals surface area contributed by atoms with Gasteiger partial charge in [0.25, 0.3) is 0 Å². The summed E-state index contributed by atoms with van der Waals surface area (Å²) in [6, 6.07) is 4.98. The summed E-state index contributed by atoms with van der Waals surface area (Å²) in [6.45, 7) is 0. The highest BCUT2D eigenvalue weighted by Crippen LogP contribution is 2.32. The standard InChI is InChI=1S/C8H6ClN3O/c9-8-5(2-1-3-7(8)13)6-4-10-12-11-6/h1-4,13H,(H,10,11,12). The highest BCUT2D eigenvalue weighted by molar-refractivity contribution is 6.34. The molecule has 0 bridgehead atoms. The number of hydrogen-bond acceptors (Lipinski definition) is 3. The molecule has 0 radical (unpaired) electrons. The van der Waals surface area contributed by atoms with E-state index in [0.29, 0.717) is 11.3 Å². The van der Waals surface area contributed by atoms with E-state index in [1.807, 2.05) is 0 Å². The van der Waals surface area contributed by atoms with Crippen LogP contribution < -0.4 is 0 Å². The van der Waals surface area contributed by atoms with Crippen molar-refractivity contribution in [1.29, 1.82) is 0 Å². The van der Waals surface area contributed by atoms with Crippen molar-refractivity contribution in [2.45, 2.75) is 0 Å². The maximum Gasteiger partial charge on any atom is 0.134 e. The number of phenols is 1. The molecule has 2 rings (SSSR count). The van der Waals surface area contributed by atoms with E-state index in [0.717, 1.165) is 0 Å². The van der Waals surface area contributed by atoms with E-state index in [4.69, 9.17) is 11.6 Å². The first-order valence-corrected chi connectivity index (χ1v) is 4.00. The number of rotatable bonds is 1. The highest BCUT2D eigenvalue weighted by atomic mass is 35.5. The van der Waals surface area contributed by atoms with Gasteiger partial charge in [0.1, 0.15) is 11.4 Å². The van der Waals surface area contributed by atoms with Crippen molar-refractivity contribution >= 4 is 11.6 Å². The molecule has 4 nitrogen and oxygen atoms in total. The van der Waals surface area contributed by atoms with Crippen LogP contribution in [0.3, 0.4) is 0 Å². The van der Waals surface area contributed by atoms with Gasteiger partial charge in [-0.25, -0.2) is 0 Å². The van der Waals surface area contributed by atoms with Gasteiger partial charge in [-0.05, 0) is 6.07 Å². The second kappa shape index (κ2) is 3.06. The van der Waals surface area contributed by atoms with Gasteiger partial charge in [0.15, 0.2) is 0 Å². The van der Waals surface area contributed by atoms with Crippen molar-refractivity contribution in [2.75, 3.05) is 0 Å². The Hall–Kier alpha value is -1.55. The molecule has 2 N–H and O–H groups in total. The van der Waals surface area contributed by atoms with Crippen LogP contribution in [-0.4, -0.2) is 20.5 Å². The molecule has 2 aromatic rings. The lowest BCUT2D eigenvalue weighted by Crippen LogP contribution is -1.80. The zero-order valence-electron chi connectivity index (χ0n) is 6.53. The molecule has 0 saturated heterocycles. The lowest BCUT2D eigenvalue weighted by Gasteiger charge is -2.00. The van der Waals surface area contributed by atoms with Crippen LogP contribution in [0.15, 0.2) is 24.4 Å². The van der Waals surface area contributed by atoms with Crippen LogP contribution in [0, 0.1) is 0 Å². The van der Waals surface area contributed by atoms with Gasteiger partial charge in [0, 0.05) is 5.56 Å². The minimum atomic E-state index is 0.0437. The van der Waals surface area contributed by atoms with Crippen LogP contribution in [0.25, 0.3) is 11.3 Å². The highest BCUT2D eigenvalue weighted by Gasteiger charge is 2.08. The molecular weight excluding hydrogens is 190 g/mol. The zero-order valence-corrected chi connectivity index (χ0v) is 7.28. The lowest BCUT2D eigenvalue weighted by atomic mass is 10.1. The van der Waals surface area contributed by atoms with Crippen molar-refractivity contribution < 1.29 is 5.11 Å². The Morgan fingerprint density at radius 1 is 1.38 bits per heavy atom. The summed E-state index contributed by atoms with van der Waals surface area (Å²) in [5.41, 5.74) is 1.27. The average molecular weight is 196 g/mol. The Bertz CT molecular complexity index is 413. The largest absolute Gasteiger partial charge is 0.506 e. The van der Waals surface area contributed by atoms with Crippen molar-refractivity contribution in [1.82, 2.24) is 15.4 Å². The van der Waals surface area contributed by atoms with Gasteiger partial charge < -0.3 is 5.11 Å². The smallest absolute Gasteiger partial charge is 0.134 e. The second-order valence-corrected chi connectivity index (χ2v) is 2.87. The molecule has 0 fully saturated rings. The van der Waals surface area contributed by atoms with Crippen LogP contribution >= 0.6 is 11.6 Å². The Labute approximate surface area is 79.2 Å². The van der Waals surface area contributed by atoms with E-state index >= 15 is 0 Å². The number of H-pyrrole nitrogens is 1. The first-order valence-electron chi connectivity index (χ1n) is 3.62. The summed E-state index contributed by atoms with van der Waals surface area (Å²) in [5.74, 6) is 0.0437. The predicted octanol–water partition coefficient (Wildman–Crippen LogP) is 1.83. The van der Waals surface area contributed by atoms with Gasteiger partial charge in [-0.1, -0.05) is 23.7 Å². The molecule has 0 saturated carbocycles. The number of aromatic hydroxyl groups is 1. The molecule has 0 atom stereocenters. The average Bonchev–Trinajstić information content (AvgIpc) is 2.62. The quantitative estimate of drug-likeness (QED) is 0.730. The number of aromatic nitrogens is 3. The summed E-state index contributed by atoms with van der Waals surface area (Å²) < 4.78 is 0. The Morgan fingerprint density at radius 2 is 2.23 bits per heavy atom. The van der Waals surface area contributed by atoms with Gasteiger partial charge in [-0.3, -0.25) is 0 Å². The molecular formula is C8H6ClN3O. The maximum atomic E-state index is 9.31. The van der Waals surface area contributed by atoms with Gasteiger partial charge >= 0.3 is 0 Å². The van der Waals surface area contributed by atoms with Crippen LogP contribution in [-0.2, 0) is 0 Å². The lowest BCUT2D eigenvalue weighted by molar-refractivity contribution is 0.476. The summed E-state index contributed by atoms with van der Waals surface area (Å²) in [6.07, 6.45) is 1.54. The minimum Gasteiger partial charge on any atom is -0.506 e. The molecule has 0 aliphatic heterocycles. The van der Waals surface area contributed by atoms with Crippen LogP contribution in [0.5, 0.6) is 5.75 Å². The molecule has 1 aromatic heterocycles. The van der Waals surface area contributed by atoms with E-state index in [2.05, 4.69) is 15.4 Å². The van der Waals surface area contributed by atoms with E-state index < -0.39 is 0 Å². The molecule has 0 spiro atoms. The summed E-state index contributed by atoms with van der Waals surface area (Å²) >= 11 is 5.85. The van der Waals surface area contributed by atoms with E-state index in [1.54, 1.807) is 18.3 Å². The summed E-state index contributed by atoms with van der Waals surface area (Å²) in [7, 11) is 0. The Balaban J connectivity index is 2.59. The summed E-state index contributed by atoms with van der Waals surface area (Å²) in [5, 5.41) is 19.6. The molecule has 5 heteroatoms. The molecule has 13 heavy (non-hydrogen) atoms. The fraction of sp³-hybridized carbons (Fsp3) is 0. The molecule has 0 aliphatic carbocycles. The summed E-state index contributed by atoms with van der Waals surface area (Å²) in [4.78, 5) is 0. The van der Waals surface area contributed by atoms with Crippen LogP contribution in [0.2, 0.25) is 5.02 Å².